The maximum atomic E-state index is 12.6. The van der Waals surface area contributed by atoms with Gasteiger partial charge in [-0.15, -0.1) is 0 Å². The van der Waals surface area contributed by atoms with Crippen LogP contribution < -0.4 is 14.8 Å². The van der Waals surface area contributed by atoms with E-state index in [9.17, 15) is 4.79 Å². The van der Waals surface area contributed by atoms with Crippen LogP contribution in [0.2, 0.25) is 0 Å². The number of para-hydroxylation sites is 1. The number of pyridine rings is 1. The van der Waals surface area contributed by atoms with Crippen molar-refractivity contribution in [1.29, 1.82) is 0 Å². The first-order valence-electron chi connectivity index (χ1n) is 10.9. The van der Waals surface area contributed by atoms with Gasteiger partial charge >= 0.3 is 0 Å². The number of carbonyl (C=O) groups excluding carboxylic acids is 1. The number of fused-ring (bicyclic) bond motifs is 1. The summed E-state index contributed by atoms with van der Waals surface area (Å²) in [7, 11) is 3.24. The van der Waals surface area contributed by atoms with Gasteiger partial charge in [0.1, 0.15) is 5.75 Å². The highest BCUT2D eigenvalue weighted by Gasteiger charge is 2.20. The van der Waals surface area contributed by atoms with E-state index >= 15 is 0 Å². The van der Waals surface area contributed by atoms with Gasteiger partial charge < -0.3 is 14.8 Å². The fourth-order valence-corrected chi connectivity index (χ4v) is 4.05. The van der Waals surface area contributed by atoms with Crippen LogP contribution in [0.4, 0.5) is 0 Å². The van der Waals surface area contributed by atoms with E-state index < -0.39 is 0 Å². The molecule has 4 rings (SSSR count). The lowest BCUT2D eigenvalue weighted by Crippen LogP contribution is -2.23. The van der Waals surface area contributed by atoms with E-state index in [-0.39, 0.29) is 5.91 Å². The van der Waals surface area contributed by atoms with Crippen molar-refractivity contribution in [3.05, 3.63) is 77.0 Å². The number of amides is 1. The number of aromatic nitrogens is 3. The van der Waals surface area contributed by atoms with Gasteiger partial charge in [-0.2, -0.15) is 10.1 Å². The van der Waals surface area contributed by atoms with Crippen molar-refractivity contribution < 1.29 is 14.3 Å². The number of methoxy groups -OCH3 is 2. The van der Waals surface area contributed by atoms with Crippen LogP contribution in [0.1, 0.15) is 28.8 Å². The maximum Gasteiger partial charge on any atom is 0.220 e. The molecule has 0 unspecified atom stereocenters. The Morgan fingerprint density at radius 2 is 1.82 bits per heavy atom. The number of carbonyl (C=O) groups is 1. The van der Waals surface area contributed by atoms with Crippen LogP contribution in [0.5, 0.6) is 11.6 Å². The van der Waals surface area contributed by atoms with Gasteiger partial charge in [0.15, 0.2) is 5.65 Å². The molecule has 1 amide bonds. The molecule has 7 heteroatoms. The zero-order valence-electron chi connectivity index (χ0n) is 19.4. The minimum absolute atomic E-state index is 0.0314. The lowest BCUT2D eigenvalue weighted by molar-refractivity contribution is -0.121. The second-order valence-electron chi connectivity index (χ2n) is 7.88. The van der Waals surface area contributed by atoms with Gasteiger partial charge in [0.2, 0.25) is 11.8 Å². The van der Waals surface area contributed by atoms with Crippen LogP contribution in [-0.4, -0.2) is 34.9 Å². The highest BCUT2D eigenvalue weighted by atomic mass is 16.5. The molecule has 170 valence electrons. The Labute approximate surface area is 193 Å². The summed E-state index contributed by atoms with van der Waals surface area (Å²) >= 11 is 0. The molecule has 0 fully saturated rings. The highest BCUT2D eigenvalue weighted by molar-refractivity contribution is 5.86. The van der Waals surface area contributed by atoms with Crippen LogP contribution in [-0.2, 0) is 17.8 Å². The van der Waals surface area contributed by atoms with Crippen molar-refractivity contribution in [3.63, 3.8) is 0 Å². The molecule has 0 saturated carbocycles. The first kappa shape index (κ1) is 22.3. The fraction of sp³-hybridized carbons (Fsp3) is 0.269. The van der Waals surface area contributed by atoms with Crippen LogP contribution in [0.15, 0.2) is 54.6 Å². The van der Waals surface area contributed by atoms with Crippen LogP contribution in [0.3, 0.4) is 0 Å². The van der Waals surface area contributed by atoms with Crippen LogP contribution in [0, 0.1) is 13.8 Å². The van der Waals surface area contributed by atoms with Crippen molar-refractivity contribution in [2.24, 2.45) is 0 Å². The van der Waals surface area contributed by atoms with Crippen molar-refractivity contribution in [2.45, 2.75) is 33.2 Å². The molecule has 7 nitrogen and oxygen atoms in total. The van der Waals surface area contributed by atoms with Gasteiger partial charge in [-0.25, -0.2) is 4.68 Å². The third kappa shape index (κ3) is 4.67. The van der Waals surface area contributed by atoms with E-state index in [4.69, 9.17) is 19.6 Å². The topological polar surface area (TPSA) is 78.3 Å². The molecule has 2 aromatic carbocycles. The van der Waals surface area contributed by atoms with Crippen molar-refractivity contribution in [3.8, 4) is 17.3 Å². The summed E-state index contributed by atoms with van der Waals surface area (Å²) in [5.74, 6) is 1.27. The second kappa shape index (κ2) is 9.73. The average Bonchev–Trinajstić information content (AvgIpc) is 3.18. The van der Waals surface area contributed by atoms with Gasteiger partial charge in [-0.1, -0.05) is 30.3 Å². The lowest BCUT2D eigenvalue weighted by Gasteiger charge is -2.13. The van der Waals surface area contributed by atoms with Crippen LogP contribution >= 0.6 is 0 Å². The Morgan fingerprint density at radius 3 is 2.55 bits per heavy atom. The zero-order chi connectivity index (χ0) is 23.4. The normalized spacial score (nSPS) is 10.9. The molecule has 1 N–H and O–H groups in total. The van der Waals surface area contributed by atoms with Gasteiger partial charge in [0.05, 0.1) is 25.6 Å². The third-order valence-corrected chi connectivity index (χ3v) is 5.75. The number of nitrogens with one attached hydrogen (secondary N) is 1. The minimum atomic E-state index is -0.0314. The number of ether oxygens (including phenoxy) is 2. The number of benzene rings is 2. The molecular weight excluding hydrogens is 416 g/mol. The number of aryl methyl sites for hydroxylation is 2. The predicted octanol–water partition coefficient (Wildman–Crippen LogP) is 4.30. The molecular formula is C26H28N4O3. The monoisotopic (exact) mass is 444 g/mol. The van der Waals surface area contributed by atoms with Gasteiger partial charge in [0.25, 0.3) is 0 Å². The summed E-state index contributed by atoms with van der Waals surface area (Å²) < 4.78 is 12.7. The summed E-state index contributed by atoms with van der Waals surface area (Å²) in [5, 5.41) is 8.69. The van der Waals surface area contributed by atoms with E-state index in [1.807, 2.05) is 73.1 Å². The third-order valence-electron chi connectivity index (χ3n) is 5.75. The van der Waals surface area contributed by atoms with Crippen molar-refractivity contribution in [1.82, 2.24) is 20.1 Å². The Hall–Kier alpha value is -3.87. The maximum absolute atomic E-state index is 12.6. The molecule has 2 aromatic heterocycles. The second-order valence-corrected chi connectivity index (χ2v) is 7.88. The van der Waals surface area contributed by atoms with Gasteiger partial charge in [0, 0.05) is 23.9 Å². The van der Waals surface area contributed by atoms with E-state index in [0.717, 1.165) is 44.9 Å². The Kier molecular flexibility index (Phi) is 6.58. The number of nitrogens with zero attached hydrogens (tertiary/aromatic N) is 3. The molecule has 4 aromatic rings. The molecule has 0 aliphatic carbocycles. The molecule has 0 spiro atoms. The highest BCUT2D eigenvalue weighted by Crippen LogP contribution is 2.31. The van der Waals surface area contributed by atoms with Crippen molar-refractivity contribution >= 4 is 16.9 Å². The largest absolute Gasteiger partial charge is 0.497 e. The van der Waals surface area contributed by atoms with Gasteiger partial charge in [-0.05, 0) is 55.7 Å². The number of rotatable bonds is 8. The summed E-state index contributed by atoms with van der Waals surface area (Å²) in [6.07, 6.45) is 0.859. The molecule has 0 atom stereocenters. The Balaban J connectivity index is 1.54. The zero-order valence-corrected chi connectivity index (χ0v) is 19.4. The summed E-state index contributed by atoms with van der Waals surface area (Å²) in [6.45, 7) is 4.47. The molecule has 0 aliphatic heterocycles. The van der Waals surface area contributed by atoms with E-state index in [0.29, 0.717) is 25.3 Å². The molecule has 0 bridgehead atoms. The van der Waals surface area contributed by atoms with Gasteiger partial charge in [-0.3, -0.25) is 4.79 Å². The Bertz CT molecular complexity index is 1280. The number of hydrogen-bond donors (Lipinski definition) is 1. The van der Waals surface area contributed by atoms with E-state index in [1.165, 1.54) is 0 Å². The smallest absolute Gasteiger partial charge is 0.220 e. The molecule has 0 saturated heterocycles. The van der Waals surface area contributed by atoms with E-state index in [1.54, 1.807) is 14.2 Å². The van der Waals surface area contributed by atoms with E-state index in [2.05, 4.69) is 5.32 Å². The summed E-state index contributed by atoms with van der Waals surface area (Å²) in [4.78, 5) is 17.3. The Morgan fingerprint density at radius 1 is 1.03 bits per heavy atom. The lowest BCUT2D eigenvalue weighted by atomic mass is 10.0. The molecule has 0 radical (unpaired) electrons. The summed E-state index contributed by atoms with van der Waals surface area (Å²) in [5.41, 5.74) is 5.54. The SMILES string of the molecule is COc1cccc(CNC(=O)CCc2c(OC)nc3c(c(C)nn3-c3ccccc3)c2C)c1. The molecule has 0 aliphatic rings. The molecule has 33 heavy (non-hydrogen) atoms. The first-order chi connectivity index (χ1) is 16.0. The fourth-order valence-electron chi connectivity index (χ4n) is 4.05. The van der Waals surface area contributed by atoms with Crippen molar-refractivity contribution in [2.75, 3.05) is 14.2 Å². The quantitative estimate of drug-likeness (QED) is 0.438. The number of hydrogen-bond acceptors (Lipinski definition) is 5. The standard InChI is InChI=1S/C26H28N4O3/c1-17-22(13-14-23(31)27-16-19-9-8-12-21(15-19)32-3)26(33-4)28-25-24(17)18(2)29-30(25)20-10-6-5-7-11-20/h5-12,15H,13-14,16H2,1-4H3,(H,27,31). The first-order valence-corrected chi connectivity index (χ1v) is 10.9. The van der Waals surface area contributed by atoms with Crippen LogP contribution in [0.25, 0.3) is 16.7 Å². The predicted molar refractivity (Wildman–Crippen MR) is 128 cm³/mol. The molecule has 2 heterocycles. The summed E-state index contributed by atoms with van der Waals surface area (Å²) in [6, 6.07) is 17.6. The minimum Gasteiger partial charge on any atom is -0.497 e. The average molecular weight is 445 g/mol.